The maximum atomic E-state index is 5.44. The topological polar surface area (TPSA) is 89.2 Å². The minimum absolute atomic E-state index is 0.338. The molecule has 0 radical (unpaired) electrons. The Morgan fingerprint density at radius 1 is 1.25 bits per heavy atom. The third-order valence-electron chi connectivity index (χ3n) is 4.27. The van der Waals surface area contributed by atoms with E-state index in [1.165, 1.54) is 32.1 Å². The van der Waals surface area contributed by atoms with Gasteiger partial charge in [-0.1, -0.05) is 12.8 Å². The molecule has 2 aliphatic rings. The van der Waals surface area contributed by atoms with Crippen LogP contribution in [0.4, 0.5) is 11.9 Å². The second kappa shape index (κ2) is 5.78. The molecule has 2 atom stereocenters. The number of ether oxygens (including phenoxy) is 1. The number of nitrogens with zero attached hydrogens (tertiary/aromatic N) is 4. The Bertz CT molecular complexity index is 468. The molecule has 2 unspecified atom stereocenters. The van der Waals surface area contributed by atoms with Gasteiger partial charge in [-0.25, -0.2) is 5.84 Å². The average Bonchev–Trinajstić information content (AvgIpc) is 2.91. The number of hydrogen-bond donors (Lipinski definition) is 2. The summed E-state index contributed by atoms with van der Waals surface area (Å²) in [6.07, 6.45) is 6.43. The second-order valence-electron chi connectivity index (χ2n) is 5.41. The van der Waals surface area contributed by atoms with E-state index in [9.17, 15) is 0 Å². The Hall–Kier alpha value is -1.63. The van der Waals surface area contributed by atoms with Gasteiger partial charge in [0.15, 0.2) is 0 Å². The molecule has 0 aromatic carbocycles. The number of anilines is 2. The molecule has 2 fully saturated rings. The molecule has 0 spiro atoms. The summed E-state index contributed by atoms with van der Waals surface area (Å²) < 4.78 is 5.40. The second-order valence-corrected chi connectivity index (χ2v) is 5.41. The summed E-state index contributed by atoms with van der Waals surface area (Å²) >= 11 is 0. The van der Waals surface area contributed by atoms with Crippen LogP contribution >= 0.6 is 0 Å². The molecule has 20 heavy (non-hydrogen) atoms. The van der Waals surface area contributed by atoms with Gasteiger partial charge in [0, 0.05) is 12.6 Å². The van der Waals surface area contributed by atoms with E-state index >= 15 is 0 Å². The Labute approximate surface area is 118 Å². The third kappa shape index (κ3) is 2.49. The summed E-state index contributed by atoms with van der Waals surface area (Å²) in [5.41, 5.74) is 2.49. The molecule has 7 heteroatoms. The van der Waals surface area contributed by atoms with Crippen LogP contribution in [0.1, 0.15) is 39.0 Å². The Kier molecular flexibility index (Phi) is 3.86. The first-order valence-corrected chi connectivity index (χ1v) is 7.44. The first-order chi connectivity index (χ1) is 9.81. The monoisotopic (exact) mass is 278 g/mol. The van der Waals surface area contributed by atoms with Crippen LogP contribution in [0.25, 0.3) is 0 Å². The van der Waals surface area contributed by atoms with E-state index in [1.807, 2.05) is 6.92 Å². The van der Waals surface area contributed by atoms with E-state index in [2.05, 4.69) is 25.3 Å². The van der Waals surface area contributed by atoms with Crippen molar-refractivity contribution >= 4 is 11.9 Å². The van der Waals surface area contributed by atoms with Crippen molar-refractivity contribution in [3.8, 4) is 6.01 Å². The number of nitrogens with two attached hydrogens (primary N) is 1. The molecule has 0 amide bonds. The van der Waals surface area contributed by atoms with E-state index in [4.69, 9.17) is 10.6 Å². The van der Waals surface area contributed by atoms with E-state index in [0.29, 0.717) is 30.6 Å². The highest BCUT2D eigenvalue weighted by molar-refractivity contribution is 5.40. The number of hydrazine groups is 1. The summed E-state index contributed by atoms with van der Waals surface area (Å²) in [5.74, 6) is 7.27. The van der Waals surface area contributed by atoms with Crippen molar-refractivity contribution in [2.75, 3.05) is 23.5 Å². The van der Waals surface area contributed by atoms with E-state index < -0.39 is 0 Å². The van der Waals surface area contributed by atoms with E-state index in [1.54, 1.807) is 0 Å². The minimum Gasteiger partial charge on any atom is -0.464 e. The summed E-state index contributed by atoms with van der Waals surface area (Å²) in [5, 5.41) is 0. The summed E-state index contributed by atoms with van der Waals surface area (Å²) in [4.78, 5) is 15.2. The molecule has 2 heterocycles. The smallest absolute Gasteiger partial charge is 0.323 e. The summed E-state index contributed by atoms with van der Waals surface area (Å²) in [6.45, 7) is 3.44. The molecule has 3 N–H and O–H groups in total. The van der Waals surface area contributed by atoms with Crippen molar-refractivity contribution in [2.45, 2.75) is 45.1 Å². The van der Waals surface area contributed by atoms with Crippen LogP contribution in [0.5, 0.6) is 6.01 Å². The van der Waals surface area contributed by atoms with Gasteiger partial charge in [0.1, 0.15) is 0 Å². The fourth-order valence-corrected chi connectivity index (χ4v) is 3.39. The zero-order valence-corrected chi connectivity index (χ0v) is 11.9. The van der Waals surface area contributed by atoms with E-state index in [0.717, 1.165) is 12.5 Å². The molecule has 3 rings (SSSR count). The molecule has 7 nitrogen and oxygen atoms in total. The molecule has 1 aromatic heterocycles. The van der Waals surface area contributed by atoms with Crippen molar-refractivity contribution in [1.82, 2.24) is 15.0 Å². The van der Waals surface area contributed by atoms with Crippen molar-refractivity contribution in [2.24, 2.45) is 11.8 Å². The zero-order chi connectivity index (χ0) is 13.9. The van der Waals surface area contributed by atoms with Crippen molar-refractivity contribution in [3.63, 3.8) is 0 Å². The van der Waals surface area contributed by atoms with Gasteiger partial charge in [-0.2, -0.15) is 15.0 Å². The highest BCUT2D eigenvalue weighted by atomic mass is 16.5. The van der Waals surface area contributed by atoms with Crippen LogP contribution in [0.15, 0.2) is 0 Å². The molecular formula is C13H22N6O. The van der Waals surface area contributed by atoms with Gasteiger partial charge in [-0.3, -0.25) is 5.43 Å². The van der Waals surface area contributed by atoms with Crippen LogP contribution in [0.2, 0.25) is 0 Å². The van der Waals surface area contributed by atoms with Crippen LogP contribution in [-0.4, -0.2) is 34.1 Å². The zero-order valence-electron chi connectivity index (χ0n) is 11.9. The molecular weight excluding hydrogens is 256 g/mol. The fourth-order valence-electron chi connectivity index (χ4n) is 3.39. The SMILES string of the molecule is CCOc1nc(NN)nc(N2CCC3CCCCC32)n1. The normalized spacial score (nSPS) is 25.4. The standard InChI is InChI=1S/C13H22N6O/c1-2-20-13-16-11(18-14)15-12(17-13)19-8-7-9-5-3-4-6-10(9)19/h9-10H,2-8,14H2,1H3,(H,15,16,17,18). The maximum absolute atomic E-state index is 5.44. The molecule has 1 aliphatic heterocycles. The van der Waals surface area contributed by atoms with Crippen LogP contribution in [-0.2, 0) is 0 Å². The van der Waals surface area contributed by atoms with Crippen LogP contribution in [0, 0.1) is 5.92 Å². The number of aromatic nitrogens is 3. The molecule has 1 saturated heterocycles. The number of fused-ring (bicyclic) bond motifs is 1. The number of nitrogens with one attached hydrogen (secondary N) is 1. The van der Waals surface area contributed by atoms with Gasteiger partial charge in [0.05, 0.1) is 6.61 Å². The third-order valence-corrected chi connectivity index (χ3v) is 4.27. The first kappa shape index (κ1) is 13.4. The number of nitrogen functional groups attached to an aromatic ring is 1. The maximum Gasteiger partial charge on any atom is 0.323 e. The molecule has 1 saturated carbocycles. The lowest BCUT2D eigenvalue weighted by Crippen LogP contribution is -2.36. The van der Waals surface area contributed by atoms with Crippen LogP contribution < -0.4 is 20.9 Å². The van der Waals surface area contributed by atoms with Gasteiger partial charge >= 0.3 is 6.01 Å². The lowest BCUT2D eigenvalue weighted by molar-refractivity contribution is 0.310. The van der Waals surface area contributed by atoms with Gasteiger partial charge in [0.2, 0.25) is 11.9 Å². The Morgan fingerprint density at radius 2 is 2.10 bits per heavy atom. The highest BCUT2D eigenvalue weighted by Crippen LogP contribution is 2.38. The lowest BCUT2D eigenvalue weighted by atomic mass is 9.85. The average molecular weight is 278 g/mol. The minimum atomic E-state index is 0.338. The Balaban J connectivity index is 1.86. The molecule has 1 aliphatic carbocycles. The predicted octanol–water partition coefficient (Wildman–Crippen LogP) is 1.32. The number of rotatable bonds is 4. The summed E-state index contributed by atoms with van der Waals surface area (Å²) in [6, 6.07) is 0.899. The van der Waals surface area contributed by atoms with Gasteiger partial charge < -0.3 is 9.64 Å². The van der Waals surface area contributed by atoms with Gasteiger partial charge in [-0.05, 0) is 32.1 Å². The molecule has 0 bridgehead atoms. The van der Waals surface area contributed by atoms with Gasteiger partial charge in [-0.15, -0.1) is 0 Å². The van der Waals surface area contributed by atoms with Gasteiger partial charge in [0.25, 0.3) is 0 Å². The largest absolute Gasteiger partial charge is 0.464 e. The Morgan fingerprint density at radius 3 is 2.90 bits per heavy atom. The molecule has 1 aromatic rings. The van der Waals surface area contributed by atoms with Crippen LogP contribution in [0.3, 0.4) is 0 Å². The lowest BCUT2D eigenvalue weighted by Gasteiger charge is -2.31. The fraction of sp³-hybridized carbons (Fsp3) is 0.769. The summed E-state index contributed by atoms with van der Waals surface area (Å²) in [7, 11) is 0. The van der Waals surface area contributed by atoms with Crippen molar-refractivity contribution in [3.05, 3.63) is 0 Å². The van der Waals surface area contributed by atoms with Crippen molar-refractivity contribution in [1.29, 1.82) is 0 Å². The van der Waals surface area contributed by atoms with Crippen molar-refractivity contribution < 1.29 is 4.74 Å². The number of hydrogen-bond acceptors (Lipinski definition) is 7. The molecule has 110 valence electrons. The first-order valence-electron chi connectivity index (χ1n) is 7.44. The predicted molar refractivity (Wildman–Crippen MR) is 76.5 cm³/mol. The van der Waals surface area contributed by atoms with E-state index in [-0.39, 0.29) is 0 Å². The quantitative estimate of drug-likeness (QED) is 0.634. The highest BCUT2D eigenvalue weighted by Gasteiger charge is 2.37.